The van der Waals surface area contributed by atoms with Crippen LogP contribution in [0.2, 0.25) is 0 Å². The summed E-state index contributed by atoms with van der Waals surface area (Å²) in [5, 5.41) is 30.5. The maximum Gasteiger partial charge on any atom is 0.303 e. The Kier molecular flexibility index (Phi) is 9.11. The summed E-state index contributed by atoms with van der Waals surface area (Å²) in [4.78, 5) is 24.8. The highest BCUT2D eigenvalue weighted by atomic mass is 35.5. The van der Waals surface area contributed by atoms with Crippen LogP contribution in [-0.4, -0.2) is 43.5 Å². The van der Waals surface area contributed by atoms with E-state index < -0.39 is 46.2 Å². The van der Waals surface area contributed by atoms with E-state index in [1.165, 1.54) is 0 Å². The molecule has 0 aromatic heterocycles. The molecule has 0 bridgehead atoms. The van der Waals surface area contributed by atoms with Gasteiger partial charge < -0.3 is 15.3 Å². The number of aliphatic hydroxyl groups excluding tert-OH is 2. The average Bonchev–Trinajstić information content (AvgIpc) is 3.15. The molecule has 1 aromatic rings. The third-order valence-corrected chi connectivity index (χ3v) is 8.85. The highest BCUT2D eigenvalue weighted by Crippen LogP contribution is 2.45. The first kappa shape index (κ1) is 27.3. The van der Waals surface area contributed by atoms with Gasteiger partial charge in [-0.25, -0.2) is 4.21 Å². The van der Waals surface area contributed by atoms with Crippen LogP contribution in [0.1, 0.15) is 57.9 Å². The fourth-order valence-corrected chi connectivity index (χ4v) is 6.51. The van der Waals surface area contributed by atoms with Crippen LogP contribution >= 0.6 is 11.6 Å². The van der Waals surface area contributed by atoms with Crippen LogP contribution in [0.5, 0.6) is 0 Å². The smallest absolute Gasteiger partial charge is 0.303 e. The van der Waals surface area contributed by atoms with Gasteiger partial charge in [-0.2, -0.15) is 0 Å². The molecule has 2 unspecified atom stereocenters. The zero-order valence-electron chi connectivity index (χ0n) is 19.9. The Morgan fingerprint density at radius 1 is 1.29 bits per heavy atom. The molecule has 3 rings (SSSR count). The number of carboxylic acids is 1. The second kappa shape index (κ2) is 11.7. The van der Waals surface area contributed by atoms with Crippen molar-refractivity contribution in [3.05, 3.63) is 46.9 Å². The Bertz CT molecular complexity index is 1130. The predicted molar refractivity (Wildman–Crippen MR) is 136 cm³/mol. The van der Waals surface area contributed by atoms with Crippen molar-refractivity contribution in [2.75, 3.05) is 0 Å². The molecular weight excluding hydrogens is 488 g/mol. The van der Waals surface area contributed by atoms with E-state index in [1.807, 2.05) is 18.2 Å². The van der Waals surface area contributed by atoms with Crippen molar-refractivity contribution in [1.82, 2.24) is 0 Å². The summed E-state index contributed by atoms with van der Waals surface area (Å²) in [6, 6.07) is 7.26. The van der Waals surface area contributed by atoms with Crippen molar-refractivity contribution < 1.29 is 29.1 Å². The number of carbonyl (C=O) groups excluding carboxylic acids is 1. The lowest BCUT2D eigenvalue weighted by Gasteiger charge is -2.22. The van der Waals surface area contributed by atoms with Crippen LogP contribution in [-0.2, 0) is 20.4 Å². The van der Waals surface area contributed by atoms with E-state index in [0.29, 0.717) is 40.5 Å². The first-order valence-corrected chi connectivity index (χ1v) is 13.2. The standard InChI is InChI=1S/C27H31ClO6S/c1-27(2)25(32)18(9-5-3-4-6-12-23(30)31)19(26(27)33)15-13-17(29)14-16-22-24(28)20-10-7-8-11-21(20)35(22)34/h7-8,10-11,13,15,17-19,26,29,33H,4,6,9,12,14,16H2,1-2H3,(H,30,31)/b15-13+/t17?,18-,19-,26+,35?/m1/s1. The molecule has 2 aliphatic rings. The topological polar surface area (TPSA) is 112 Å². The summed E-state index contributed by atoms with van der Waals surface area (Å²) >= 11 is 6.42. The Morgan fingerprint density at radius 2 is 2.00 bits per heavy atom. The van der Waals surface area contributed by atoms with Crippen LogP contribution in [0, 0.1) is 29.1 Å². The van der Waals surface area contributed by atoms with E-state index in [2.05, 4.69) is 11.8 Å². The van der Waals surface area contributed by atoms with Crippen LogP contribution in [0.3, 0.4) is 0 Å². The summed E-state index contributed by atoms with van der Waals surface area (Å²) in [6.45, 7) is 3.41. The van der Waals surface area contributed by atoms with Crippen molar-refractivity contribution in [2.45, 2.75) is 69.5 Å². The molecule has 35 heavy (non-hydrogen) atoms. The molecule has 1 aliphatic heterocycles. The van der Waals surface area contributed by atoms with E-state index in [0.717, 1.165) is 5.56 Å². The highest BCUT2D eigenvalue weighted by Gasteiger charge is 2.53. The Balaban J connectivity index is 1.62. The fourth-order valence-electron chi connectivity index (χ4n) is 4.57. The normalized spacial score (nSPS) is 26.0. The van der Waals surface area contributed by atoms with Gasteiger partial charge in [0, 0.05) is 41.6 Å². The van der Waals surface area contributed by atoms with Crippen molar-refractivity contribution in [2.24, 2.45) is 17.3 Å². The Labute approximate surface area is 213 Å². The Morgan fingerprint density at radius 3 is 2.69 bits per heavy atom. The van der Waals surface area contributed by atoms with Gasteiger partial charge in [0.05, 0.1) is 38.4 Å². The molecule has 6 nitrogen and oxygen atoms in total. The minimum atomic E-state index is -1.34. The largest absolute Gasteiger partial charge is 0.481 e. The van der Waals surface area contributed by atoms with E-state index in [9.17, 15) is 24.0 Å². The highest BCUT2D eigenvalue weighted by molar-refractivity contribution is 7.89. The molecule has 188 valence electrons. The number of halogens is 1. The van der Waals surface area contributed by atoms with Gasteiger partial charge >= 0.3 is 5.97 Å². The van der Waals surface area contributed by atoms with Crippen molar-refractivity contribution in [3.8, 4) is 11.8 Å². The van der Waals surface area contributed by atoms with Gasteiger partial charge in [0.15, 0.2) is 0 Å². The minimum Gasteiger partial charge on any atom is -0.481 e. The number of carbonyl (C=O) groups is 2. The number of fused-ring (bicyclic) bond motifs is 1. The Hall–Kier alpha value is -2.24. The van der Waals surface area contributed by atoms with Gasteiger partial charge in [0.2, 0.25) is 0 Å². The zero-order chi connectivity index (χ0) is 25.8. The van der Waals surface area contributed by atoms with Crippen molar-refractivity contribution >= 4 is 39.2 Å². The van der Waals surface area contributed by atoms with Crippen molar-refractivity contribution in [3.63, 3.8) is 0 Å². The van der Waals surface area contributed by atoms with Gasteiger partial charge in [-0.05, 0) is 25.3 Å². The van der Waals surface area contributed by atoms with Crippen LogP contribution in [0.15, 0.2) is 46.2 Å². The second-order valence-electron chi connectivity index (χ2n) is 9.51. The monoisotopic (exact) mass is 518 g/mol. The second-order valence-corrected chi connectivity index (χ2v) is 11.4. The summed E-state index contributed by atoms with van der Waals surface area (Å²) in [7, 11) is -1.34. The quantitative estimate of drug-likeness (QED) is 0.256. The van der Waals surface area contributed by atoms with E-state index in [-0.39, 0.29) is 18.6 Å². The summed E-state index contributed by atoms with van der Waals surface area (Å²) in [5.74, 6) is 3.93. The lowest BCUT2D eigenvalue weighted by Crippen LogP contribution is -2.31. The van der Waals surface area contributed by atoms with Gasteiger partial charge in [0.25, 0.3) is 0 Å². The zero-order valence-corrected chi connectivity index (χ0v) is 21.4. The first-order chi connectivity index (χ1) is 16.6. The third-order valence-electron chi connectivity index (χ3n) is 6.69. The number of hydrogen-bond acceptors (Lipinski definition) is 5. The number of hydrogen-bond donors (Lipinski definition) is 3. The van der Waals surface area contributed by atoms with Crippen LogP contribution in [0.25, 0.3) is 5.03 Å². The number of Topliss-reactive ketones (excluding diaryl/α,β-unsaturated/α-hetero) is 1. The minimum absolute atomic E-state index is 0.0494. The number of aliphatic carboxylic acids is 1. The number of allylic oxidation sites excluding steroid dienone is 1. The molecule has 0 amide bonds. The molecule has 8 heteroatoms. The van der Waals surface area contributed by atoms with Gasteiger partial charge in [-0.15, -0.1) is 11.8 Å². The number of benzene rings is 1. The molecule has 3 N–H and O–H groups in total. The molecule has 0 saturated heterocycles. The van der Waals surface area contributed by atoms with E-state index >= 15 is 0 Å². The van der Waals surface area contributed by atoms with E-state index in [1.54, 1.807) is 32.1 Å². The fraction of sp³-hybridized carbons (Fsp3) is 0.481. The molecule has 1 aromatic carbocycles. The van der Waals surface area contributed by atoms with E-state index in [4.69, 9.17) is 16.7 Å². The lowest BCUT2D eigenvalue weighted by atomic mass is 9.86. The molecular formula is C27H31ClO6S. The predicted octanol–water partition coefficient (Wildman–Crippen LogP) is 4.26. The molecule has 1 heterocycles. The van der Waals surface area contributed by atoms with Crippen LogP contribution < -0.4 is 0 Å². The SMILES string of the molecule is CC1(C)C(=O)[C@H](CC#CCCCC(=O)O)[C@@H](/C=C/C(O)CCC2=C(Cl)c3ccccc3S2=O)[C@@H]1O. The van der Waals surface area contributed by atoms with Crippen LogP contribution in [0.4, 0.5) is 0 Å². The molecule has 0 spiro atoms. The number of unbranched alkanes of at least 4 members (excludes halogenated alkanes) is 1. The van der Waals surface area contributed by atoms with Gasteiger partial charge in [-0.3, -0.25) is 9.59 Å². The lowest BCUT2D eigenvalue weighted by molar-refractivity contribution is -0.137. The average molecular weight is 519 g/mol. The summed E-state index contributed by atoms with van der Waals surface area (Å²) in [5.41, 5.74) is -0.172. The first-order valence-electron chi connectivity index (χ1n) is 11.7. The molecule has 1 aliphatic carbocycles. The molecule has 5 atom stereocenters. The number of rotatable bonds is 9. The maximum absolute atomic E-state index is 12.9. The maximum atomic E-state index is 12.9. The number of aliphatic hydroxyl groups is 2. The number of carboxylic acid groups (broad SMARTS) is 1. The molecule has 0 radical (unpaired) electrons. The van der Waals surface area contributed by atoms with Crippen molar-refractivity contribution in [1.29, 1.82) is 0 Å². The molecule has 1 saturated carbocycles. The van der Waals surface area contributed by atoms with Gasteiger partial charge in [-0.1, -0.05) is 55.8 Å². The summed E-state index contributed by atoms with van der Waals surface area (Å²) in [6.07, 6.45) is 3.34. The van der Waals surface area contributed by atoms with Gasteiger partial charge in [0.1, 0.15) is 5.78 Å². The number of ketones is 1. The molecule has 1 fully saturated rings. The third kappa shape index (κ3) is 6.13. The summed E-state index contributed by atoms with van der Waals surface area (Å²) < 4.78 is 12.7.